The van der Waals surface area contributed by atoms with Crippen molar-refractivity contribution < 1.29 is 10.2 Å². The minimum absolute atomic E-state index is 0.0694. The number of hydrogen-bond donors (Lipinski definition) is 3. The van der Waals surface area contributed by atoms with Gasteiger partial charge in [0.15, 0.2) is 5.76 Å². The first-order chi connectivity index (χ1) is 3.30. The van der Waals surface area contributed by atoms with Gasteiger partial charge in [-0.15, -0.1) is 0 Å². The lowest BCUT2D eigenvalue weighted by molar-refractivity contribution is 0.319. The van der Waals surface area contributed by atoms with E-state index in [1.54, 1.807) is 0 Å². The number of hydrogen-bond acceptors (Lipinski definition) is 3. The van der Waals surface area contributed by atoms with Crippen molar-refractivity contribution in [1.82, 2.24) is 5.32 Å². The second-order valence-electron chi connectivity index (χ2n) is 1.47. The van der Waals surface area contributed by atoms with Crippen LogP contribution in [0.15, 0.2) is 11.6 Å². The molecule has 1 heterocycles. The lowest BCUT2D eigenvalue weighted by atomic mass is 10.4. The van der Waals surface area contributed by atoms with E-state index in [1.165, 1.54) is 0 Å². The minimum atomic E-state index is -0.0694. The summed E-state index contributed by atoms with van der Waals surface area (Å²) in [6, 6.07) is 0. The lowest BCUT2D eigenvalue weighted by Crippen LogP contribution is -2.05. The Labute approximate surface area is 41.3 Å². The van der Waals surface area contributed by atoms with Gasteiger partial charge in [0.25, 0.3) is 0 Å². The molecule has 40 valence electrons. The van der Waals surface area contributed by atoms with Crippen LogP contribution in [0.25, 0.3) is 0 Å². The maximum atomic E-state index is 8.56. The van der Waals surface area contributed by atoms with Crippen LogP contribution in [0.4, 0.5) is 0 Å². The Morgan fingerprint density at radius 2 is 2.14 bits per heavy atom. The zero-order chi connectivity index (χ0) is 5.28. The van der Waals surface area contributed by atoms with Gasteiger partial charge in [0.2, 0.25) is 5.88 Å². The Morgan fingerprint density at radius 1 is 1.43 bits per heavy atom. The van der Waals surface area contributed by atoms with Gasteiger partial charge < -0.3 is 15.5 Å². The lowest BCUT2D eigenvalue weighted by Gasteiger charge is -1.88. The van der Waals surface area contributed by atoms with Crippen LogP contribution in [-0.4, -0.2) is 16.8 Å². The SMILES string of the molecule is OC1=C(O)NCC1. The van der Waals surface area contributed by atoms with E-state index in [2.05, 4.69) is 5.32 Å². The third-order valence-corrected chi connectivity index (χ3v) is 0.928. The molecule has 0 bridgehead atoms. The molecule has 0 aromatic heterocycles. The molecule has 0 aromatic rings. The first-order valence-electron chi connectivity index (χ1n) is 2.15. The average molecular weight is 101 g/mol. The summed E-state index contributed by atoms with van der Waals surface area (Å²) in [5.41, 5.74) is 0. The number of nitrogens with one attached hydrogen (secondary N) is 1. The molecule has 3 N–H and O–H groups in total. The molecule has 0 unspecified atom stereocenters. The summed E-state index contributed by atoms with van der Waals surface area (Å²) in [4.78, 5) is 0. The van der Waals surface area contributed by atoms with Crippen LogP contribution < -0.4 is 5.32 Å². The highest BCUT2D eigenvalue weighted by atomic mass is 16.3. The molecule has 0 atom stereocenters. The molecule has 0 aliphatic carbocycles. The minimum Gasteiger partial charge on any atom is -0.507 e. The molecule has 1 aliphatic rings. The molecule has 3 heteroatoms. The van der Waals surface area contributed by atoms with Crippen molar-refractivity contribution in [2.75, 3.05) is 6.54 Å². The van der Waals surface area contributed by atoms with Crippen LogP contribution in [0, 0.1) is 0 Å². The smallest absolute Gasteiger partial charge is 0.223 e. The molecule has 0 radical (unpaired) electrons. The molecular formula is C4H7NO2. The van der Waals surface area contributed by atoms with Gasteiger partial charge in [0.05, 0.1) is 0 Å². The van der Waals surface area contributed by atoms with Crippen molar-refractivity contribution >= 4 is 0 Å². The van der Waals surface area contributed by atoms with Gasteiger partial charge in [-0.25, -0.2) is 0 Å². The average Bonchev–Trinajstić information content (AvgIpc) is 1.91. The molecule has 0 aromatic carbocycles. The quantitative estimate of drug-likeness (QED) is 0.410. The molecule has 1 aliphatic heterocycles. The predicted molar refractivity (Wildman–Crippen MR) is 24.9 cm³/mol. The summed E-state index contributed by atoms with van der Waals surface area (Å²) < 4.78 is 0. The third-order valence-electron chi connectivity index (χ3n) is 0.928. The van der Waals surface area contributed by atoms with Crippen LogP contribution in [0.1, 0.15) is 6.42 Å². The first-order valence-corrected chi connectivity index (χ1v) is 2.15. The Kier molecular flexibility index (Phi) is 0.817. The standard InChI is InChI=1S/C4H7NO2/c6-3-1-2-5-4(3)7/h5-7H,1-2H2. The van der Waals surface area contributed by atoms with Gasteiger partial charge in [-0.05, 0) is 0 Å². The van der Waals surface area contributed by atoms with Crippen LogP contribution in [0.3, 0.4) is 0 Å². The predicted octanol–water partition coefficient (Wildman–Crippen LogP) is 0.265. The molecule has 7 heavy (non-hydrogen) atoms. The number of aliphatic hydroxyl groups excluding tert-OH is 2. The fourth-order valence-corrected chi connectivity index (χ4v) is 0.520. The largest absolute Gasteiger partial charge is 0.507 e. The van der Waals surface area contributed by atoms with Crippen molar-refractivity contribution in [1.29, 1.82) is 0 Å². The van der Waals surface area contributed by atoms with Crippen LogP contribution in [0.2, 0.25) is 0 Å². The van der Waals surface area contributed by atoms with Crippen molar-refractivity contribution in [2.24, 2.45) is 0 Å². The number of rotatable bonds is 0. The highest BCUT2D eigenvalue weighted by Crippen LogP contribution is 2.04. The molecule has 0 amide bonds. The van der Waals surface area contributed by atoms with Gasteiger partial charge >= 0.3 is 0 Å². The van der Waals surface area contributed by atoms with Gasteiger partial charge in [0, 0.05) is 13.0 Å². The summed E-state index contributed by atoms with van der Waals surface area (Å²) in [6.45, 7) is 0.650. The van der Waals surface area contributed by atoms with E-state index in [-0.39, 0.29) is 11.6 Å². The van der Waals surface area contributed by atoms with Gasteiger partial charge in [-0.2, -0.15) is 0 Å². The topological polar surface area (TPSA) is 52.5 Å². The summed E-state index contributed by atoms with van der Waals surface area (Å²) in [5, 5.41) is 19.6. The highest BCUT2D eigenvalue weighted by Gasteiger charge is 2.08. The van der Waals surface area contributed by atoms with E-state index in [1.807, 2.05) is 0 Å². The first kappa shape index (κ1) is 4.30. The van der Waals surface area contributed by atoms with Gasteiger partial charge in [-0.3, -0.25) is 0 Å². The monoisotopic (exact) mass is 101 g/mol. The van der Waals surface area contributed by atoms with Gasteiger partial charge in [-0.1, -0.05) is 0 Å². The van der Waals surface area contributed by atoms with E-state index in [0.29, 0.717) is 13.0 Å². The summed E-state index contributed by atoms with van der Waals surface area (Å²) in [7, 11) is 0. The Morgan fingerprint density at radius 3 is 2.29 bits per heavy atom. The van der Waals surface area contributed by atoms with Crippen molar-refractivity contribution in [3.8, 4) is 0 Å². The fraction of sp³-hybridized carbons (Fsp3) is 0.500. The van der Waals surface area contributed by atoms with Crippen molar-refractivity contribution in [3.63, 3.8) is 0 Å². The second kappa shape index (κ2) is 1.33. The Balaban J connectivity index is 2.64. The van der Waals surface area contributed by atoms with Gasteiger partial charge in [0.1, 0.15) is 0 Å². The van der Waals surface area contributed by atoms with Crippen LogP contribution >= 0.6 is 0 Å². The molecule has 0 saturated heterocycles. The van der Waals surface area contributed by atoms with Crippen LogP contribution in [0.5, 0.6) is 0 Å². The molecule has 3 nitrogen and oxygen atoms in total. The van der Waals surface area contributed by atoms with E-state index in [4.69, 9.17) is 10.2 Å². The summed E-state index contributed by atoms with van der Waals surface area (Å²) in [6.07, 6.45) is 0.547. The Hall–Kier alpha value is -0.860. The molecule has 1 rings (SSSR count). The van der Waals surface area contributed by atoms with Crippen molar-refractivity contribution in [2.45, 2.75) is 6.42 Å². The summed E-state index contributed by atoms with van der Waals surface area (Å²) >= 11 is 0. The second-order valence-corrected chi connectivity index (χ2v) is 1.47. The zero-order valence-corrected chi connectivity index (χ0v) is 3.81. The third kappa shape index (κ3) is 0.607. The maximum absolute atomic E-state index is 8.56. The van der Waals surface area contributed by atoms with E-state index < -0.39 is 0 Å². The van der Waals surface area contributed by atoms with Crippen molar-refractivity contribution in [3.05, 3.63) is 11.6 Å². The molecule has 0 spiro atoms. The van der Waals surface area contributed by atoms with E-state index in [9.17, 15) is 0 Å². The maximum Gasteiger partial charge on any atom is 0.223 e. The van der Waals surface area contributed by atoms with E-state index >= 15 is 0 Å². The normalized spacial score (nSPS) is 20.0. The Bertz CT molecular complexity index is 96.3. The highest BCUT2D eigenvalue weighted by molar-refractivity contribution is 5.02. The van der Waals surface area contributed by atoms with E-state index in [0.717, 1.165) is 0 Å². The molecule has 0 saturated carbocycles. The fourth-order valence-electron chi connectivity index (χ4n) is 0.520. The number of aliphatic hydroxyl groups is 2. The van der Waals surface area contributed by atoms with Crippen LogP contribution in [-0.2, 0) is 0 Å². The molecule has 0 fully saturated rings. The summed E-state index contributed by atoms with van der Waals surface area (Å²) in [5.74, 6) is 0.000000000000000888. The molecular weight excluding hydrogens is 94.0 g/mol. The zero-order valence-electron chi connectivity index (χ0n) is 3.81.